The monoisotopic (exact) mass is 370 g/mol. The average molecular weight is 370 g/mol. The van der Waals surface area contributed by atoms with Crippen LogP contribution < -0.4 is 10.0 Å². The number of sulfonamides is 1. The summed E-state index contributed by atoms with van der Waals surface area (Å²) < 4.78 is 26.6. The standard InChI is InChI=1S/C15H22N4O5S/c1-16-10-12-7-9-18(11-12)15(20)6-8-17-25(23,24)14-4-2-13(3-5-14)19(21)22/h2-5,12,16-17H,6-11H2,1H3. The highest BCUT2D eigenvalue weighted by Gasteiger charge is 2.25. The van der Waals surface area contributed by atoms with Gasteiger partial charge in [0.1, 0.15) is 0 Å². The van der Waals surface area contributed by atoms with Crippen LogP contribution in [-0.4, -0.2) is 57.4 Å². The van der Waals surface area contributed by atoms with E-state index in [-0.39, 0.29) is 29.5 Å². The third-order valence-corrected chi connectivity index (χ3v) is 5.60. The van der Waals surface area contributed by atoms with Crippen molar-refractivity contribution in [3.8, 4) is 0 Å². The molecule has 0 bridgehead atoms. The second-order valence-corrected chi connectivity index (χ2v) is 7.72. The maximum atomic E-state index is 12.1. The van der Waals surface area contributed by atoms with Gasteiger partial charge >= 0.3 is 0 Å². The molecule has 0 aliphatic carbocycles. The minimum atomic E-state index is -3.79. The summed E-state index contributed by atoms with van der Waals surface area (Å²) in [5.74, 6) is 0.357. The number of likely N-dealkylation sites (tertiary alicyclic amines) is 1. The zero-order valence-electron chi connectivity index (χ0n) is 14.0. The van der Waals surface area contributed by atoms with Crippen molar-refractivity contribution in [3.05, 3.63) is 34.4 Å². The Morgan fingerprint density at radius 3 is 2.64 bits per heavy atom. The van der Waals surface area contributed by atoms with Gasteiger partial charge in [-0.2, -0.15) is 0 Å². The molecule has 0 radical (unpaired) electrons. The molecule has 10 heteroatoms. The third kappa shape index (κ3) is 5.21. The number of carbonyl (C=O) groups excluding carboxylic acids is 1. The van der Waals surface area contributed by atoms with Crippen LogP contribution in [0.15, 0.2) is 29.2 Å². The van der Waals surface area contributed by atoms with E-state index in [1.165, 1.54) is 12.1 Å². The van der Waals surface area contributed by atoms with Crippen LogP contribution in [0, 0.1) is 16.0 Å². The average Bonchev–Trinajstić information content (AvgIpc) is 3.04. The Morgan fingerprint density at radius 2 is 2.04 bits per heavy atom. The third-order valence-electron chi connectivity index (χ3n) is 4.12. The van der Waals surface area contributed by atoms with Gasteiger partial charge in [-0.1, -0.05) is 0 Å². The molecule has 2 rings (SSSR count). The maximum Gasteiger partial charge on any atom is 0.269 e. The number of nitrogens with one attached hydrogen (secondary N) is 2. The number of hydrogen-bond acceptors (Lipinski definition) is 6. The summed E-state index contributed by atoms with van der Waals surface area (Å²) in [4.78, 5) is 23.8. The zero-order chi connectivity index (χ0) is 18.4. The van der Waals surface area contributed by atoms with Crippen LogP contribution in [-0.2, 0) is 14.8 Å². The molecule has 1 heterocycles. The predicted molar refractivity (Wildman–Crippen MR) is 91.5 cm³/mol. The van der Waals surface area contributed by atoms with Crippen LogP contribution in [0.4, 0.5) is 5.69 Å². The Kier molecular flexibility index (Phi) is 6.45. The fraction of sp³-hybridized carbons (Fsp3) is 0.533. The molecule has 1 unspecified atom stereocenters. The van der Waals surface area contributed by atoms with E-state index < -0.39 is 14.9 Å². The summed E-state index contributed by atoms with van der Waals surface area (Å²) >= 11 is 0. The van der Waals surface area contributed by atoms with Crippen LogP contribution in [0.3, 0.4) is 0 Å². The molecule has 0 spiro atoms. The van der Waals surface area contributed by atoms with Gasteiger partial charge < -0.3 is 10.2 Å². The molecule has 1 atom stereocenters. The summed E-state index contributed by atoms with van der Waals surface area (Å²) in [6.07, 6.45) is 1.03. The number of nitro groups is 1. The fourth-order valence-electron chi connectivity index (χ4n) is 2.80. The normalized spacial score (nSPS) is 17.6. The van der Waals surface area contributed by atoms with E-state index in [2.05, 4.69) is 10.0 Å². The van der Waals surface area contributed by atoms with Gasteiger partial charge in [-0.05, 0) is 38.1 Å². The maximum absolute atomic E-state index is 12.1. The molecule has 25 heavy (non-hydrogen) atoms. The van der Waals surface area contributed by atoms with Crippen molar-refractivity contribution in [1.82, 2.24) is 14.9 Å². The second kappa shape index (κ2) is 8.37. The van der Waals surface area contributed by atoms with Crippen LogP contribution >= 0.6 is 0 Å². The predicted octanol–water partition coefficient (Wildman–Crippen LogP) is 0.331. The van der Waals surface area contributed by atoms with Crippen LogP contribution in [0.2, 0.25) is 0 Å². The van der Waals surface area contributed by atoms with Crippen LogP contribution in [0.25, 0.3) is 0 Å². The molecule has 1 aliphatic rings. The van der Waals surface area contributed by atoms with Crippen molar-refractivity contribution in [1.29, 1.82) is 0 Å². The Morgan fingerprint density at radius 1 is 1.36 bits per heavy atom. The number of nitrogens with zero attached hydrogens (tertiary/aromatic N) is 2. The van der Waals surface area contributed by atoms with Gasteiger partial charge in [-0.15, -0.1) is 0 Å². The minimum Gasteiger partial charge on any atom is -0.342 e. The minimum absolute atomic E-state index is 0.00858. The van der Waals surface area contributed by atoms with Crippen molar-refractivity contribution in [2.24, 2.45) is 5.92 Å². The molecule has 1 amide bonds. The highest BCUT2D eigenvalue weighted by atomic mass is 32.2. The van der Waals surface area contributed by atoms with Gasteiger partial charge in [-0.25, -0.2) is 13.1 Å². The Balaban J connectivity index is 1.84. The largest absolute Gasteiger partial charge is 0.342 e. The van der Waals surface area contributed by atoms with E-state index in [0.29, 0.717) is 19.0 Å². The van der Waals surface area contributed by atoms with Gasteiger partial charge in [-0.3, -0.25) is 14.9 Å². The molecule has 1 aromatic rings. The number of benzene rings is 1. The van der Waals surface area contributed by atoms with Crippen LogP contribution in [0.5, 0.6) is 0 Å². The summed E-state index contributed by atoms with van der Waals surface area (Å²) in [6, 6.07) is 4.61. The highest BCUT2D eigenvalue weighted by molar-refractivity contribution is 7.89. The number of nitro benzene ring substituents is 1. The Hall–Kier alpha value is -2.04. The van der Waals surface area contributed by atoms with Crippen molar-refractivity contribution >= 4 is 21.6 Å². The van der Waals surface area contributed by atoms with Crippen molar-refractivity contribution in [2.75, 3.05) is 33.2 Å². The highest BCUT2D eigenvalue weighted by Crippen LogP contribution is 2.17. The van der Waals surface area contributed by atoms with E-state index in [1.54, 1.807) is 4.90 Å². The SMILES string of the molecule is CNCC1CCN(C(=O)CCNS(=O)(=O)c2ccc([N+](=O)[O-])cc2)C1. The lowest BCUT2D eigenvalue weighted by molar-refractivity contribution is -0.384. The van der Waals surface area contributed by atoms with E-state index >= 15 is 0 Å². The lowest BCUT2D eigenvalue weighted by atomic mass is 10.1. The molecule has 0 aromatic heterocycles. The summed E-state index contributed by atoms with van der Waals surface area (Å²) in [6.45, 7) is 2.23. The first-order valence-corrected chi connectivity index (χ1v) is 9.48. The fourth-order valence-corrected chi connectivity index (χ4v) is 3.83. The van der Waals surface area contributed by atoms with Crippen molar-refractivity contribution in [3.63, 3.8) is 0 Å². The lowest BCUT2D eigenvalue weighted by Gasteiger charge is -2.16. The zero-order valence-corrected chi connectivity index (χ0v) is 14.8. The van der Waals surface area contributed by atoms with E-state index in [0.717, 1.165) is 25.1 Å². The lowest BCUT2D eigenvalue weighted by Crippen LogP contribution is -2.34. The molecule has 1 aromatic carbocycles. The van der Waals surface area contributed by atoms with Crippen molar-refractivity contribution < 1.29 is 18.1 Å². The summed E-state index contributed by atoms with van der Waals surface area (Å²) in [5.41, 5.74) is -0.181. The Bertz CT molecular complexity index is 720. The topological polar surface area (TPSA) is 122 Å². The van der Waals surface area contributed by atoms with Gasteiger partial charge in [0, 0.05) is 38.2 Å². The Labute approximate surface area is 146 Å². The van der Waals surface area contributed by atoms with E-state index in [4.69, 9.17) is 0 Å². The number of carbonyl (C=O) groups is 1. The summed E-state index contributed by atoms with van der Waals surface area (Å²) in [5, 5.41) is 13.7. The molecule has 1 aliphatic heterocycles. The van der Waals surface area contributed by atoms with E-state index in [9.17, 15) is 23.3 Å². The first-order valence-electron chi connectivity index (χ1n) is 8.00. The number of non-ortho nitro benzene ring substituents is 1. The van der Waals surface area contributed by atoms with Gasteiger partial charge in [0.2, 0.25) is 15.9 Å². The molecule has 9 nitrogen and oxygen atoms in total. The summed E-state index contributed by atoms with van der Waals surface area (Å²) in [7, 11) is -1.92. The molecule has 1 fully saturated rings. The smallest absolute Gasteiger partial charge is 0.269 e. The van der Waals surface area contributed by atoms with Gasteiger partial charge in [0.15, 0.2) is 0 Å². The molecular formula is C15H22N4O5S. The van der Waals surface area contributed by atoms with Crippen molar-refractivity contribution in [2.45, 2.75) is 17.7 Å². The van der Waals surface area contributed by atoms with E-state index in [1.807, 2.05) is 7.05 Å². The first kappa shape index (κ1) is 19.3. The second-order valence-electron chi connectivity index (χ2n) is 5.95. The molecule has 138 valence electrons. The number of rotatable bonds is 8. The molecule has 0 saturated carbocycles. The van der Waals surface area contributed by atoms with Gasteiger partial charge in [0.25, 0.3) is 5.69 Å². The number of hydrogen-bond donors (Lipinski definition) is 2. The van der Waals surface area contributed by atoms with Gasteiger partial charge in [0.05, 0.1) is 9.82 Å². The molecule has 2 N–H and O–H groups in total. The molecule has 1 saturated heterocycles. The van der Waals surface area contributed by atoms with Crippen LogP contribution in [0.1, 0.15) is 12.8 Å². The molecular weight excluding hydrogens is 348 g/mol. The number of amides is 1. The quantitative estimate of drug-likeness (QED) is 0.502. The first-order chi connectivity index (χ1) is 11.8.